The molecule has 0 nitrogen and oxygen atoms in total. The zero-order valence-corrected chi connectivity index (χ0v) is 14.8. The molecule has 0 saturated heterocycles. The van der Waals surface area contributed by atoms with Gasteiger partial charge in [-0.2, -0.15) is 0 Å². The van der Waals surface area contributed by atoms with Crippen LogP contribution in [0.4, 0.5) is 0 Å². The highest BCUT2D eigenvalue weighted by molar-refractivity contribution is 5.00. The maximum Gasteiger partial charge on any atom is -0.0243 e. The van der Waals surface area contributed by atoms with Crippen LogP contribution >= 0.6 is 0 Å². The fourth-order valence-electron chi connectivity index (χ4n) is 6.29. The molecule has 2 aliphatic rings. The molecule has 0 aromatic carbocycles. The molecule has 0 aromatic heterocycles. The largest absolute Gasteiger partial charge is 0.0654 e. The molecule has 6 atom stereocenters. The molecule has 2 saturated carbocycles. The maximum absolute atomic E-state index is 2.58. The standard InChI is InChI=1S/C20H38/c1-6-10-15(4)19-12-9-11-18(7-2)20(8-3)14-17(19)13-16(20)5/h15-19H,6-14H2,1-5H3. The topological polar surface area (TPSA) is 0 Å². The molecule has 0 spiro atoms. The normalized spacial score (nSPS) is 43.0. The molecule has 0 aliphatic heterocycles. The van der Waals surface area contributed by atoms with E-state index in [9.17, 15) is 0 Å². The van der Waals surface area contributed by atoms with Crippen molar-refractivity contribution >= 4 is 0 Å². The van der Waals surface area contributed by atoms with Crippen LogP contribution in [0.2, 0.25) is 0 Å². The van der Waals surface area contributed by atoms with Gasteiger partial charge in [0.25, 0.3) is 0 Å². The van der Waals surface area contributed by atoms with Crippen molar-refractivity contribution in [1.29, 1.82) is 0 Å². The van der Waals surface area contributed by atoms with Crippen molar-refractivity contribution in [2.45, 2.75) is 92.4 Å². The molecular formula is C20H38. The van der Waals surface area contributed by atoms with Crippen molar-refractivity contribution in [3.8, 4) is 0 Å². The number of hydrogen-bond donors (Lipinski definition) is 0. The molecular weight excluding hydrogens is 240 g/mol. The maximum atomic E-state index is 2.58. The van der Waals surface area contributed by atoms with Gasteiger partial charge in [0.2, 0.25) is 0 Å². The highest BCUT2D eigenvalue weighted by Gasteiger charge is 2.50. The van der Waals surface area contributed by atoms with Gasteiger partial charge in [0.05, 0.1) is 0 Å². The van der Waals surface area contributed by atoms with E-state index in [4.69, 9.17) is 0 Å². The summed E-state index contributed by atoms with van der Waals surface area (Å²) in [5.74, 6) is 5.01. The van der Waals surface area contributed by atoms with Crippen LogP contribution < -0.4 is 0 Å². The summed E-state index contributed by atoms with van der Waals surface area (Å²) in [6.45, 7) is 12.4. The average Bonchev–Trinajstić information content (AvgIpc) is 2.76. The lowest BCUT2D eigenvalue weighted by Gasteiger charge is -2.43. The Balaban J connectivity index is 2.20. The molecule has 2 aliphatic carbocycles. The Labute approximate surface area is 128 Å². The Hall–Kier alpha value is 0. The Morgan fingerprint density at radius 3 is 2.50 bits per heavy atom. The molecule has 0 N–H and O–H groups in total. The number of rotatable bonds is 5. The first-order valence-electron chi connectivity index (χ1n) is 9.58. The van der Waals surface area contributed by atoms with E-state index in [0.717, 1.165) is 29.6 Å². The minimum atomic E-state index is 0.698. The van der Waals surface area contributed by atoms with Gasteiger partial charge in [0.15, 0.2) is 0 Å². The second-order valence-corrected chi connectivity index (χ2v) is 8.15. The van der Waals surface area contributed by atoms with Gasteiger partial charge in [0.1, 0.15) is 0 Å². The van der Waals surface area contributed by atoms with Gasteiger partial charge >= 0.3 is 0 Å². The lowest BCUT2D eigenvalue weighted by Crippen LogP contribution is -2.34. The quantitative estimate of drug-likeness (QED) is 0.525. The van der Waals surface area contributed by atoms with Crippen LogP contribution in [-0.2, 0) is 0 Å². The summed E-state index contributed by atoms with van der Waals surface area (Å²) in [4.78, 5) is 0. The Morgan fingerprint density at radius 1 is 1.15 bits per heavy atom. The molecule has 20 heavy (non-hydrogen) atoms. The van der Waals surface area contributed by atoms with Gasteiger partial charge in [-0.05, 0) is 67.1 Å². The van der Waals surface area contributed by atoms with Crippen LogP contribution in [0.1, 0.15) is 92.4 Å². The van der Waals surface area contributed by atoms with Gasteiger partial charge in [-0.25, -0.2) is 0 Å². The average molecular weight is 279 g/mol. The van der Waals surface area contributed by atoms with Gasteiger partial charge in [0, 0.05) is 0 Å². The van der Waals surface area contributed by atoms with Crippen molar-refractivity contribution in [1.82, 2.24) is 0 Å². The van der Waals surface area contributed by atoms with E-state index in [2.05, 4.69) is 34.6 Å². The molecule has 0 heterocycles. The van der Waals surface area contributed by atoms with Gasteiger partial charge in [-0.1, -0.05) is 60.3 Å². The summed E-state index contributed by atoms with van der Waals surface area (Å²) in [6, 6.07) is 0. The van der Waals surface area contributed by atoms with Crippen LogP contribution in [0.5, 0.6) is 0 Å². The molecule has 2 rings (SSSR count). The smallest absolute Gasteiger partial charge is 0.0243 e. The van der Waals surface area contributed by atoms with Crippen LogP contribution in [-0.4, -0.2) is 0 Å². The van der Waals surface area contributed by atoms with Crippen molar-refractivity contribution < 1.29 is 0 Å². The molecule has 118 valence electrons. The monoisotopic (exact) mass is 278 g/mol. The molecule has 0 heteroatoms. The van der Waals surface area contributed by atoms with Crippen LogP contribution in [0.25, 0.3) is 0 Å². The Kier molecular flexibility index (Phi) is 5.60. The highest BCUT2D eigenvalue weighted by atomic mass is 14.6. The van der Waals surface area contributed by atoms with E-state index in [-0.39, 0.29) is 0 Å². The summed E-state index contributed by atoms with van der Waals surface area (Å²) in [5, 5.41) is 0. The summed E-state index contributed by atoms with van der Waals surface area (Å²) in [5.41, 5.74) is 0.698. The fourth-order valence-corrected chi connectivity index (χ4v) is 6.29. The number of fused-ring (bicyclic) bond motifs is 2. The molecule has 0 amide bonds. The summed E-state index contributed by atoms with van der Waals surface area (Å²) < 4.78 is 0. The highest BCUT2D eigenvalue weighted by Crippen LogP contribution is 2.60. The zero-order chi connectivity index (χ0) is 14.8. The SMILES string of the molecule is CCCC(C)C1CCCC(CC)C2(CC)CC1CC2C. The van der Waals surface area contributed by atoms with Crippen LogP contribution in [0.15, 0.2) is 0 Å². The van der Waals surface area contributed by atoms with Crippen molar-refractivity contribution in [3.63, 3.8) is 0 Å². The summed E-state index contributed by atoms with van der Waals surface area (Å²) >= 11 is 0. The van der Waals surface area contributed by atoms with Crippen molar-refractivity contribution in [3.05, 3.63) is 0 Å². The molecule has 2 fully saturated rings. The molecule has 0 aromatic rings. The summed E-state index contributed by atoms with van der Waals surface area (Å²) in [6.07, 6.45) is 13.3. The minimum Gasteiger partial charge on any atom is -0.0654 e. The first-order valence-corrected chi connectivity index (χ1v) is 9.58. The van der Waals surface area contributed by atoms with Crippen molar-refractivity contribution in [2.75, 3.05) is 0 Å². The van der Waals surface area contributed by atoms with Crippen LogP contribution in [0, 0.1) is 35.0 Å². The number of hydrogen-bond acceptors (Lipinski definition) is 0. The third-order valence-electron chi connectivity index (χ3n) is 7.41. The zero-order valence-electron chi connectivity index (χ0n) is 14.8. The Morgan fingerprint density at radius 2 is 1.90 bits per heavy atom. The predicted octanol–water partition coefficient (Wildman–Crippen LogP) is 6.69. The van der Waals surface area contributed by atoms with E-state index in [1.54, 1.807) is 6.42 Å². The van der Waals surface area contributed by atoms with E-state index >= 15 is 0 Å². The second-order valence-electron chi connectivity index (χ2n) is 8.15. The second kappa shape index (κ2) is 6.84. The third-order valence-corrected chi connectivity index (χ3v) is 7.41. The van der Waals surface area contributed by atoms with E-state index in [1.807, 2.05) is 0 Å². The third kappa shape index (κ3) is 2.81. The van der Waals surface area contributed by atoms with Crippen molar-refractivity contribution in [2.24, 2.45) is 35.0 Å². The van der Waals surface area contributed by atoms with Gasteiger partial charge in [-0.15, -0.1) is 0 Å². The summed E-state index contributed by atoms with van der Waals surface area (Å²) in [7, 11) is 0. The van der Waals surface area contributed by atoms with Crippen LogP contribution in [0.3, 0.4) is 0 Å². The first kappa shape index (κ1) is 16.4. The minimum absolute atomic E-state index is 0.698. The van der Waals surface area contributed by atoms with Gasteiger partial charge < -0.3 is 0 Å². The predicted molar refractivity (Wildman–Crippen MR) is 89.8 cm³/mol. The molecule has 0 radical (unpaired) electrons. The molecule has 6 unspecified atom stereocenters. The molecule has 2 bridgehead atoms. The lowest BCUT2D eigenvalue weighted by atomic mass is 9.62. The fraction of sp³-hybridized carbons (Fsp3) is 1.00. The van der Waals surface area contributed by atoms with E-state index < -0.39 is 0 Å². The lowest BCUT2D eigenvalue weighted by molar-refractivity contribution is 0.0665. The van der Waals surface area contributed by atoms with E-state index in [1.165, 1.54) is 51.4 Å². The first-order chi connectivity index (χ1) is 9.58. The Bertz CT molecular complexity index is 294. The van der Waals surface area contributed by atoms with E-state index in [0.29, 0.717) is 5.41 Å². The van der Waals surface area contributed by atoms with Gasteiger partial charge in [-0.3, -0.25) is 0 Å².